The Balaban J connectivity index is 1.68. The lowest BCUT2D eigenvalue weighted by Crippen LogP contribution is -2.35. The van der Waals surface area contributed by atoms with Gasteiger partial charge in [-0.25, -0.2) is 13.8 Å². The molecule has 9 heteroatoms. The second-order valence-electron chi connectivity index (χ2n) is 6.16. The van der Waals surface area contributed by atoms with Crippen LogP contribution in [0.2, 0.25) is 0 Å². The van der Waals surface area contributed by atoms with E-state index in [0.29, 0.717) is 38.4 Å². The number of hydrogen-bond acceptors (Lipinski definition) is 3. The van der Waals surface area contributed by atoms with Crippen LogP contribution in [0.5, 0.6) is 0 Å². The highest BCUT2D eigenvalue weighted by molar-refractivity contribution is 5.94. The van der Waals surface area contributed by atoms with Crippen LogP contribution in [-0.4, -0.2) is 42.0 Å². The maximum atomic E-state index is 13.3. The molecular weight excluding hydrogens is 369 g/mol. The van der Waals surface area contributed by atoms with Crippen molar-refractivity contribution in [3.05, 3.63) is 59.3 Å². The predicted octanol–water partition coefficient (Wildman–Crippen LogP) is 3.73. The van der Waals surface area contributed by atoms with E-state index in [9.17, 15) is 26.7 Å². The topological polar surface area (TPSA) is 36.4 Å². The van der Waals surface area contributed by atoms with Crippen molar-refractivity contribution in [3.8, 4) is 0 Å². The molecule has 0 unspecified atom stereocenters. The van der Waals surface area contributed by atoms with Gasteiger partial charge in [-0.15, -0.1) is 0 Å². The van der Waals surface area contributed by atoms with E-state index < -0.39 is 29.3 Å². The van der Waals surface area contributed by atoms with Crippen molar-refractivity contribution in [2.75, 3.05) is 31.1 Å². The fourth-order valence-electron chi connectivity index (χ4n) is 2.90. The molecule has 0 bridgehead atoms. The zero-order chi connectivity index (χ0) is 19.6. The normalized spacial score (nSPS) is 15.6. The smallest absolute Gasteiger partial charge is 0.355 e. The third-order valence-corrected chi connectivity index (χ3v) is 4.35. The lowest BCUT2D eigenvalue weighted by Gasteiger charge is -2.23. The monoisotopic (exact) mass is 385 g/mol. The van der Waals surface area contributed by atoms with Crippen molar-refractivity contribution >= 4 is 11.7 Å². The number of hydrogen-bond donors (Lipinski definition) is 0. The number of halogens is 5. The van der Waals surface area contributed by atoms with Crippen LogP contribution in [0.4, 0.5) is 27.8 Å². The summed E-state index contributed by atoms with van der Waals surface area (Å²) in [7, 11) is 0. The Morgan fingerprint density at radius 1 is 0.963 bits per heavy atom. The number of nitrogens with zero attached hydrogens (tertiary/aromatic N) is 3. The van der Waals surface area contributed by atoms with Gasteiger partial charge in [0.25, 0.3) is 5.91 Å². The van der Waals surface area contributed by atoms with Crippen molar-refractivity contribution in [2.24, 2.45) is 0 Å². The molecule has 0 radical (unpaired) electrons. The van der Waals surface area contributed by atoms with Gasteiger partial charge in [0.05, 0.1) is 5.56 Å². The maximum absolute atomic E-state index is 13.3. The Bertz CT molecular complexity index is 823. The first-order chi connectivity index (χ1) is 12.8. The van der Waals surface area contributed by atoms with Crippen LogP contribution >= 0.6 is 0 Å². The maximum Gasteiger partial charge on any atom is 0.417 e. The molecule has 27 heavy (non-hydrogen) atoms. The first-order valence-corrected chi connectivity index (χ1v) is 8.28. The molecule has 0 spiro atoms. The van der Waals surface area contributed by atoms with Gasteiger partial charge in [0.2, 0.25) is 0 Å². The molecule has 1 aliphatic rings. The van der Waals surface area contributed by atoms with E-state index in [1.165, 1.54) is 17.0 Å². The molecule has 144 valence electrons. The van der Waals surface area contributed by atoms with Crippen LogP contribution in [0.3, 0.4) is 0 Å². The molecule has 0 saturated carbocycles. The first-order valence-electron chi connectivity index (χ1n) is 8.28. The van der Waals surface area contributed by atoms with Gasteiger partial charge in [0.1, 0.15) is 5.82 Å². The number of benzene rings is 1. The van der Waals surface area contributed by atoms with Gasteiger partial charge in [-0.3, -0.25) is 4.79 Å². The summed E-state index contributed by atoms with van der Waals surface area (Å²) >= 11 is 0. The number of aromatic nitrogens is 1. The summed E-state index contributed by atoms with van der Waals surface area (Å²) in [5.74, 6) is -2.14. The van der Waals surface area contributed by atoms with Gasteiger partial charge in [0, 0.05) is 37.9 Å². The predicted molar refractivity (Wildman–Crippen MR) is 88.3 cm³/mol. The Morgan fingerprint density at radius 3 is 2.37 bits per heavy atom. The molecule has 3 rings (SSSR count). The van der Waals surface area contributed by atoms with E-state index in [1.807, 2.05) is 0 Å². The average Bonchev–Trinajstić information content (AvgIpc) is 2.89. The number of carbonyl (C=O) groups is 1. The fourth-order valence-corrected chi connectivity index (χ4v) is 2.90. The zero-order valence-corrected chi connectivity index (χ0v) is 14.1. The Hall–Kier alpha value is -2.71. The van der Waals surface area contributed by atoms with E-state index in [0.717, 1.165) is 24.4 Å². The summed E-state index contributed by atoms with van der Waals surface area (Å²) in [5.41, 5.74) is -0.772. The minimum Gasteiger partial charge on any atom is -0.355 e. The number of amides is 1. The van der Waals surface area contributed by atoms with Gasteiger partial charge in [-0.2, -0.15) is 13.2 Å². The summed E-state index contributed by atoms with van der Waals surface area (Å²) in [6.45, 7) is 1.57. The van der Waals surface area contributed by atoms with E-state index in [-0.39, 0.29) is 5.56 Å². The van der Waals surface area contributed by atoms with E-state index in [4.69, 9.17) is 0 Å². The largest absolute Gasteiger partial charge is 0.417 e. The summed E-state index contributed by atoms with van der Waals surface area (Å²) in [4.78, 5) is 19.7. The van der Waals surface area contributed by atoms with Gasteiger partial charge in [-0.05, 0) is 36.8 Å². The molecule has 0 aliphatic carbocycles. The third-order valence-electron chi connectivity index (χ3n) is 4.35. The SMILES string of the molecule is O=C(c1ccc(F)c(F)c1)N1CCCN(c2ccc(C(F)(F)F)cn2)CC1. The van der Waals surface area contributed by atoms with Crippen LogP contribution < -0.4 is 4.90 Å². The number of anilines is 1. The van der Waals surface area contributed by atoms with Gasteiger partial charge in [-0.1, -0.05) is 0 Å². The first kappa shape index (κ1) is 19.1. The van der Waals surface area contributed by atoms with E-state index >= 15 is 0 Å². The van der Waals surface area contributed by atoms with E-state index in [2.05, 4.69) is 4.98 Å². The lowest BCUT2D eigenvalue weighted by atomic mass is 10.2. The van der Waals surface area contributed by atoms with Crippen molar-refractivity contribution in [2.45, 2.75) is 12.6 Å². The Labute approximate surface area is 152 Å². The van der Waals surface area contributed by atoms with Crippen molar-refractivity contribution in [1.82, 2.24) is 9.88 Å². The molecule has 1 aromatic heterocycles. The lowest BCUT2D eigenvalue weighted by molar-refractivity contribution is -0.137. The molecule has 1 amide bonds. The number of rotatable bonds is 2. The van der Waals surface area contributed by atoms with Crippen LogP contribution in [0.1, 0.15) is 22.3 Å². The van der Waals surface area contributed by atoms with Gasteiger partial charge < -0.3 is 9.80 Å². The molecular formula is C18H16F5N3O. The summed E-state index contributed by atoms with van der Waals surface area (Å²) < 4.78 is 64.3. The minimum atomic E-state index is -4.45. The Kier molecular flexibility index (Phi) is 5.29. The van der Waals surface area contributed by atoms with Gasteiger partial charge in [0.15, 0.2) is 11.6 Å². The second-order valence-corrected chi connectivity index (χ2v) is 6.16. The van der Waals surface area contributed by atoms with Crippen molar-refractivity contribution in [1.29, 1.82) is 0 Å². The number of carbonyl (C=O) groups excluding carboxylic acids is 1. The van der Waals surface area contributed by atoms with Crippen LogP contribution in [-0.2, 0) is 6.18 Å². The molecule has 0 atom stereocenters. The van der Waals surface area contributed by atoms with Crippen LogP contribution in [0.15, 0.2) is 36.5 Å². The highest BCUT2D eigenvalue weighted by atomic mass is 19.4. The molecule has 1 saturated heterocycles. The molecule has 1 aliphatic heterocycles. The van der Waals surface area contributed by atoms with E-state index in [1.54, 1.807) is 4.90 Å². The van der Waals surface area contributed by atoms with Crippen LogP contribution in [0, 0.1) is 11.6 Å². The molecule has 0 N–H and O–H groups in total. The summed E-state index contributed by atoms with van der Waals surface area (Å²) in [6, 6.07) is 5.25. The third kappa shape index (κ3) is 4.35. The summed E-state index contributed by atoms with van der Waals surface area (Å²) in [6.07, 6.45) is -3.10. The standard InChI is InChI=1S/C18H16F5N3O/c19-14-4-2-12(10-15(14)20)17(27)26-7-1-6-25(8-9-26)16-5-3-13(11-24-16)18(21,22)23/h2-5,10-11H,1,6-9H2. The molecule has 4 nitrogen and oxygen atoms in total. The molecule has 2 heterocycles. The second kappa shape index (κ2) is 7.50. The zero-order valence-electron chi connectivity index (χ0n) is 14.1. The quantitative estimate of drug-likeness (QED) is 0.740. The average molecular weight is 385 g/mol. The van der Waals surface area contributed by atoms with Crippen molar-refractivity contribution in [3.63, 3.8) is 0 Å². The number of pyridine rings is 1. The summed E-state index contributed by atoms with van der Waals surface area (Å²) in [5, 5.41) is 0. The number of alkyl halides is 3. The van der Waals surface area contributed by atoms with Crippen molar-refractivity contribution < 1.29 is 26.7 Å². The highest BCUT2D eigenvalue weighted by Crippen LogP contribution is 2.29. The van der Waals surface area contributed by atoms with Crippen LogP contribution in [0.25, 0.3) is 0 Å². The molecule has 1 aromatic carbocycles. The van der Waals surface area contributed by atoms with Gasteiger partial charge >= 0.3 is 6.18 Å². The highest BCUT2D eigenvalue weighted by Gasteiger charge is 2.31. The Morgan fingerprint density at radius 2 is 1.74 bits per heavy atom. The molecule has 1 fully saturated rings. The fraction of sp³-hybridized carbons (Fsp3) is 0.333. The minimum absolute atomic E-state index is 0.0509. The molecule has 2 aromatic rings.